The van der Waals surface area contributed by atoms with E-state index in [-0.39, 0.29) is 22.7 Å². The van der Waals surface area contributed by atoms with Crippen LogP contribution in [0.25, 0.3) is 0 Å². The SMILES string of the molecule is CC(C)n1ccc(C=O)c1C(Nc1cc(Cl)c(=O)n(C)c1)c1ccc(Cl)cc1. The van der Waals surface area contributed by atoms with Crippen LogP contribution < -0.4 is 10.9 Å². The lowest BCUT2D eigenvalue weighted by Gasteiger charge is -2.25. The number of halogens is 2. The standard InChI is InChI=1S/C21H21Cl2N3O2/c1-13(2)26-9-8-15(12-27)20(26)19(14-4-6-16(22)7-5-14)24-17-10-18(23)21(28)25(3)11-17/h4-13,19,24H,1-3H3. The molecule has 0 bridgehead atoms. The maximum atomic E-state index is 11.9. The van der Waals surface area contributed by atoms with Gasteiger partial charge in [0.2, 0.25) is 0 Å². The van der Waals surface area contributed by atoms with Gasteiger partial charge in [-0.3, -0.25) is 9.59 Å². The third-order valence-corrected chi connectivity index (χ3v) is 5.12. The van der Waals surface area contributed by atoms with Crippen molar-refractivity contribution in [1.82, 2.24) is 9.13 Å². The fourth-order valence-corrected chi connectivity index (χ4v) is 3.60. The van der Waals surface area contributed by atoms with Crippen LogP contribution in [0.2, 0.25) is 10.0 Å². The van der Waals surface area contributed by atoms with Crippen molar-refractivity contribution in [3.63, 3.8) is 0 Å². The van der Waals surface area contributed by atoms with Gasteiger partial charge in [0, 0.05) is 36.1 Å². The van der Waals surface area contributed by atoms with E-state index in [9.17, 15) is 9.59 Å². The van der Waals surface area contributed by atoms with Crippen LogP contribution in [0.1, 0.15) is 47.5 Å². The summed E-state index contributed by atoms with van der Waals surface area (Å²) in [5.41, 5.74) is 2.75. The molecule has 0 saturated carbocycles. The topological polar surface area (TPSA) is 56.0 Å². The second-order valence-electron chi connectivity index (χ2n) is 6.90. The summed E-state index contributed by atoms with van der Waals surface area (Å²) in [6.45, 7) is 4.11. The van der Waals surface area contributed by atoms with Crippen molar-refractivity contribution < 1.29 is 4.79 Å². The van der Waals surface area contributed by atoms with Gasteiger partial charge in [0.1, 0.15) is 5.02 Å². The predicted octanol–water partition coefficient (Wildman–Crippen LogP) is 5.09. The number of carbonyl (C=O) groups is 1. The molecular weight excluding hydrogens is 397 g/mol. The zero-order valence-corrected chi connectivity index (χ0v) is 17.3. The Morgan fingerprint density at radius 2 is 1.79 bits per heavy atom. The molecule has 0 radical (unpaired) electrons. The molecule has 1 aromatic carbocycles. The van der Waals surface area contributed by atoms with Crippen LogP contribution in [0.5, 0.6) is 0 Å². The van der Waals surface area contributed by atoms with E-state index in [1.54, 1.807) is 25.4 Å². The number of aryl methyl sites for hydroxylation is 1. The largest absolute Gasteiger partial charge is 0.372 e. The first-order chi connectivity index (χ1) is 13.3. The van der Waals surface area contributed by atoms with Gasteiger partial charge in [-0.15, -0.1) is 0 Å². The van der Waals surface area contributed by atoms with Crippen molar-refractivity contribution in [3.05, 3.63) is 86.0 Å². The number of rotatable bonds is 6. The average molecular weight is 418 g/mol. The molecule has 0 aliphatic carbocycles. The van der Waals surface area contributed by atoms with E-state index >= 15 is 0 Å². The van der Waals surface area contributed by atoms with Gasteiger partial charge in [0.05, 0.1) is 17.4 Å². The van der Waals surface area contributed by atoms with E-state index in [4.69, 9.17) is 23.2 Å². The van der Waals surface area contributed by atoms with Gasteiger partial charge in [-0.2, -0.15) is 0 Å². The van der Waals surface area contributed by atoms with Crippen molar-refractivity contribution in [2.45, 2.75) is 25.9 Å². The minimum Gasteiger partial charge on any atom is -0.372 e. The van der Waals surface area contributed by atoms with Crippen LogP contribution in [0.15, 0.2) is 53.6 Å². The zero-order chi connectivity index (χ0) is 20.4. The average Bonchev–Trinajstić information content (AvgIpc) is 3.09. The Kier molecular flexibility index (Phi) is 5.96. The first-order valence-corrected chi connectivity index (χ1v) is 9.61. The van der Waals surface area contributed by atoms with Gasteiger partial charge < -0.3 is 14.5 Å². The maximum Gasteiger partial charge on any atom is 0.269 e. The van der Waals surface area contributed by atoms with Crippen LogP contribution >= 0.6 is 23.2 Å². The summed E-state index contributed by atoms with van der Waals surface area (Å²) in [4.78, 5) is 23.7. The predicted molar refractivity (Wildman–Crippen MR) is 114 cm³/mol. The Balaban J connectivity index is 2.17. The van der Waals surface area contributed by atoms with Gasteiger partial charge in [-0.25, -0.2) is 0 Å². The number of aldehydes is 1. The summed E-state index contributed by atoms with van der Waals surface area (Å²) in [7, 11) is 1.64. The Morgan fingerprint density at radius 3 is 2.36 bits per heavy atom. The molecule has 2 aromatic heterocycles. The number of nitrogens with one attached hydrogen (secondary N) is 1. The number of pyridine rings is 1. The molecule has 3 rings (SSSR count). The molecule has 7 heteroatoms. The van der Waals surface area contributed by atoms with Crippen LogP contribution in [0.3, 0.4) is 0 Å². The molecule has 28 heavy (non-hydrogen) atoms. The van der Waals surface area contributed by atoms with Gasteiger partial charge in [0.15, 0.2) is 6.29 Å². The number of nitrogens with zero attached hydrogens (tertiary/aromatic N) is 2. The van der Waals surface area contributed by atoms with E-state index in [0.29, 0.717) is 16.3 Å². The molecule has 5 nitrogen and oxygen atoms in total. The molecule has 0 aliphatic heterocycles. The Hall–Kier alpha value is -2.50. The van der Waals surface area contributed by atoms with E-state index < -0.39 is 0 Å². The highest BCUT2D eigenvalue weighted by Crippen LogP contribution is 2.32. The first kappa shape index (κ1) is 20.2. The zero-order valence-electron chi connectivity index (χ0n) is 15.8. The molecular formula is C21H21Cl2N3O2. The lowest BCUT2D eigenvalue weighted by atomic mass is 10.00. The first-order valence-electron chi connectivity index (χ1n) is 8.86. The fourth-order valence-electron chi connectivity index (χ4n) is 3.22. The molecule has 0 aliphatic rings. The van der Waals surface area contributed by atoms with Crippen molar-refractivity contribution >= 4 is 35.2 Å². The van der Waals surface area contributed by atoms with E-state index in [1.165, 1.54) is 4.57 Å². The molecule has 146 valence electrons. The Bertz CT molecular complexity index is 1030. The molecule has 2 heterocycles. The summed E-state index contributed by atoms with van der Waals surface area (Å²) in [5, 5.41) is 4.18. The minimum atomic E-state index is -0.344. The van der Waals surface area contributed by atoms with Crippen LogP contribution in [-0.4, -0.2) is 15.4 Å². The quantitative estimate of drug-likeness (QED) is 0.568. The number of carbonyl (C=O) groups excluding carboxylic acids is 1. The summed E-state index contributed by atoms with van der Waals surface area (Å²) < 4.78 is 3.48. The van der Waals surface area contributed by atoms with Crippen LogP contribution in [-0.2, 0) is 7.05 Å². The highest BCUT2D eigenvalue weighted by molar-refractivity contribution is 6.30. The van der Waals surface area contributed by atoms with Crippen LogP contribution in [0, 0.1) is 0 Å². The number of benzene rings is 1. The van der Waals surface area contributed by atoms with Gasteiger partial charge in [0.25, 0.3) is 5.56 Å². The highest BCUT2D eigenvalue weighted by Gasteiger charge is 2.23. The van der Waals surface area contributed by atoms with Crippen LogP contribution in [0.4, 0.5) is 5.69 Å². The molecule has 1 atom stereocenters. The third-order valence-electron chi connectivity index (χ3n) is 4.60. The molecule has 0 amide bonds. The van der Waals surface area contributed by atoms with E-state index in [1.807, 2.05) is 30.5 Å². The van der Waals surface area contributed by atoms with Crippen molar-refractivity contribution in [3.8, 4) is 0 Å². The lowest BCUT2D eigenvalue weighted by molar-refractivity contribution is 0.112. The second kappa shape index (κ2) is 8.25. The number of anilines is 1. The van der Waals surface area contributed by atoms with Crippen molar-refractivity contribution in [1.29, 1.82) is 0 Å². The second-order valence-corrected chi connectivity index (χ2v) is 7.74. The third kappa shape index (κ3) is 4.01. The molecule has 0 spiro atoms. The Labute approximate surface area is 173 Å². The summed E-state index contributed by atoms with van der Waals surface area (Å²) in [6.07, 6.45) is 4.44. The highest BCUT2D eigenvalue weighted by atomic mass is 35.5. The number of hydrogen-bond donors (Lipinski definition) is 1. The molecule has 1 unspecified atom stereocenters. The monoisotopic (exact) mass is 417 g/mol. The van der Waals surface area contributed by atoms with Crippen molar-refractivity contribution in [2.75, 3.05) is 5.32 Å². The van der Waals surface area contributed by atoms with Crippen molar-refractivity contribution in [2.24, 2.45) is 7.05 Å². The van der Waals surface area contributed by atoms with E-state index in [0.717, 1.165) is 17.5 Å². The Morgan fingerprint density at radius 1 is 1.11 bits per heavy atom. The summed E-state index contributed by atoms with van der Waals surface area (Å²) in [6, 6.07) is 10.7. The number of hydrogen-bond acceptors (Lipinski definition) is 3. The number of aromatic nitrogens is 2. The molecule has 0 saturated heterocycles. The van der Waals surface area contributed by atoms with Gasteiger partial charge in [-0.1, -0.05) is 35.3 Å². The van der Waals surface area contributed by atoms with Gasteiger partial charge >= 0.3 is 0 Å². The smallest absolute Gasteiger partial charge is 0.269 e. The summed E-state index contributed by atoms with van der Waals surface area (Å²) in [5.74, 6) is 0. The molecule has 0 fully saturated rings. The lowest BCUT2D eigenvalue weighted by Crippen LogP contribution is -2.22. The minimum absolute atomic E-state index is 0.122. The maximum absolute atomic E-state index is 11.9. The normalized spacial score (nSPS) is 12.2. The van der Waals surface area contributed by atoms with E-state index in [2.05, 4.69) is 23.7 Å². The summed E-state index contributed by atoms with van der Waals surface area (Å²) >= 11 is 12.1. The molecule has 3 aromatic rings. The molecule has 1 N–H and O–H groups in total. The van der Waals surface area contributed by atoms with Gasteiger partial charge in [-0.05, 0) is 43.7 Å². The fraction of sp³-hybridized carbons (Fsp3) is 0.238.